The van der Waals surface area contributed by atoms with Crippen LogP contribution in [-0.2, 0) is 0 Å². The second-order valence-corrected chi connectivity index (χ2v) is 6.74. The van der Waals surface area contributed by atoms with Gasteiger partial charge in [-0.2, -0.15) is 0 Å². The number of hydrogen-bond donors (Lipinski definition) is 1. The first-order valence-electron chi connectivity index (χ1n) is 7.82. The average molecular weight is 404 g/mol. The molecule has 1 heterocycles. The fraction of sp³-hybridized carbons (Fsp3) is 0.263. The van der Waals surface area contributed by atoms with Crippen molar-refractivity contribution in [2.45, 2.75) is 33.2 Å². The molecular formula is C19H20BrN2OS-. The molecule has 5 heteroatoms. The molecule has 24 heavy (non-hydrogen) atoms. The Labute approximate surface area is 156 Å². The van der Waals surface area contributed by atoms with Crippen molar-refractivity contribution in [1.82, 2.24) is 4.98 Å². The Morgan fingerprint density at radius 1 is 1.17 bits per heavy atom. The van der Waals surface area contributed by atoms with Gasteiger partial charge in [0.2, 0.25) is 0 Å². The summed E-state index contributed by atoms with van der Waals surface area (Å²) in [5.74, 6) is 0.111. The molecule has 3 nitrogen and oxygen atoms in total. The summed E-state index contributed by atoms with van der Waals surface area (Å²) in [6.07, 6.45) is 0.724. The molecule has 0 saturated heterocycles. The number of rotatable bonds is 5. The summed E-state index contributed by atoms with van der Waals surface area (Å²) in [6.45, 7) is 6.20. The van der Waals surface area contributed by atoms with E-state index >= 15 is 0 Å². The van der Waals surface area contributed by atoms with Gasteiger partial charge in [-0.1, -0.05) is 54.7 Å². The number of carbonyl (C=O) groups is 1. The van der Waals surface area contributed by atoms with E-state index in [0.29, 0.717) is 0 Å². The number of anilines is 1. The topological polar surface area (TPSA) is 42.0 Å². The Kier molecular flexibility index (Phi) is 6.13. The molecule has 0 bridgehead atoms. The van der Waals surface area contributed by atoms with E-state index in [1.54, 1.807) is 11.3 Å². The highest BCUT2D eigenvalue weighted by Crippen LogP contribution is 2.30. The Hall–Kier alpha value is -1.72. The van der Waals surface area contributed by atoms with Gasteiger partial charge in [0.25, 0.3) is 0 Å². The standard InChI is InChI=1S/C19H20N2OS.BrH/c1-4-15(18(22)14-8-6-5-7-9-14)20-19-21-17-13(3)12(2)10-11-16(17)23-19;/h5-11,15H,4H2,1-3H3,(H,20,21);1H/p-1. The molecule has 0 aliphatic rings. The molecule has 0 amide bonds. The number of thiazole rings is 1. The summed E-state index contributed by atoms with van der Waals surface area (Å²) in [6, 6.07) is 13.4. The highest BCUT2D eigenvalue weighted by Gasteiger charge is 2.19. The summed E-state index contributed by atoms with van der Waals surface area (Å²) < 4.78 is 1.15. The zero-order valence-corrected chi connectivity index (χ0v) is 16.4. The molecule has 1 N–H and O–H groups in total. The lowest BCUT2D eigenvalue weighted by atomic mass is 10.0. The first-order chi connectivity index (χ1) is 11.1. The minimum Gasteiger partial charge on any atom is -1.00 e. The van der Waals surface area contributed by atoms with E-state index < -0.39 is 0 Å². The van der Waals surface area contributed by atoms with E-state index in [0.717, 1.165) is 27.3 Å². The zero-order chi connectivity index (χ0) is 16.4. The SMILES string of the molecule is CCC(Nc1nc2c(C)c(C)ccc2s1)C(=O)c1ccccc1.[Br-]. The quantitative estimate of drug-likeness (QED) is 0.662. The van der Waals surface area contributed by atoms with Gasteiger partial charge in [-0.3, -0.25) is 4.79 Å². The summed E-state index contributed by atoms with van der Waals surface area (Å²) in [7, 11) is 0. The highest BCUT2D eigenvalue weighted by atomic mass is 79.9. The first-order valence-corrected chi connectivity index (χ1v) is 8.64. The van der Waals surface area contributed by atoms with Crippen LogP contribution in [0.5, 0.6) is 0 Å². The van der Waals surface area contributed by atoms with Crippen LogP contribution in [0.3, 0.4) is 0 Å². The number of aromatic nitrogens is 1. The largest absolute Gasteiger partial charge is 1.00 e. The van der Waals surface area contributed by atoms with Crippen molar-refractivity contribution >= 4 is 32.5 Å². The first kappa shape index (κ1) is 18.6. The van der Waals surface area contributed by atoms with Gasteiger partial charge >= 0.3 is 0 Å². The van der Waals surface area contributed by atoms with Crippen molar-refractivity contribution in [3.8, 4) is 0 Å². The summed E-state index contributed by atoms with van der Waals surface area (Å²) in [4.78, 5) is 17.3. The molecule has 0 radical (unpaired) electrons. The van der Waals surface area contributed by atoms with Crippen molar-refractivity contribution in [3.63, 3.8) is 0 Å². The number of halogens is 1. The van der Waals surface area contributed by atoms with Gasteiger partial charge in [-0.05, 0) is 37.5 Å². The molecule has 1 aromatic heterocycles. The molecule has 3 aromatic rings. The van der Waals surface area contributed by atoms with Crippen LogP contribution in [0.2, 0.25) is 0 Å². The lowest BCUT2D eigenvalue weighted by Gasteiger charge is -2.14. The summed E-state index contributed by atoms with van der Waals surface area (Å²) >= 11 is 1.60. The Bertz CT molecular complexity index is 845. The van der Waals surface area contributed by atoms with Crippen molar-refractivity contribution in [2.24, 2.45) is 0 Å². The van der Waals surface area contributed by atoms with E-state index in [-0.39, 0.29) is 28.8 Å². The average Bonchev–Trinajstić information content (AvgIpc) is 3.00. The van der Waals surface area contributed by atoms with Crippen molar-refractivity contribution in [1.29, 1.82) is 0 Å². The monoisotopic (exact) mass is 403 g/mol. The number of nitrogens with one attached hydrogen (secondary N) is 1. The maximum Gasteiger partial charge on any atom is 0.185 e. The zero-order valence-electron chi connectivity index (χ0n) is 14.0. The predicted octanol–water partition coefficient (Wildman–Crippen LogP) is 1.99. The molecule has 3 rings (SSSR count). The smallest absolute Gasteiger partial charge is 0.185 e. The van der Waals surface area contributed by atoms with Gasteiger partial charge in [-0.25, -0.2) is 4.98 Å². The third-order valence-corrected chi connectivity index (χ3v) is 5.12. The van der Waals surface area contributed by atoms with Crippen molar-refractivity contribution in [2.75, 3.05) is 5.32 Å². The van der Waals surface area contributed by atoms with Crippen molar-refractivity contribution in [3.05, 3.63) is 59.2 Å². The Morgan fingerprint density at radius 3 is 2.54 bits per heavy atom. The normalized spacial score (nSPS) is 11.8. The fourth-order valence-electron chi connectivity index (χ4n) is 2.59. The number of Topliss-reactive ketones (excluding diaryl/α,β-unsaturated/α-hetero) is 1. The second kappa shape index (κ2) is 7.90. The number of benzene rings is 2. The molecule has 1 atom stereocenters. The highest BCUT2D eigenvalue weighted by molar-refractivity contribution is 7.22. The van der Waals surface area contributed by atoms with E-state index in [1.807, 2.05) is 37.3 Å². The fourth-order valence-corrected chi connectivity index (χ4v) is 3.57. The number of fused-ring (bicyclic) bond motifs is 1. The molecule has 0 saturated carbocycles. The van der Waals surface area contributed by atoms with Crippen molar-refractivity contribution < 1.29 is 21.8 Å². The van der Waals surface area contributed by atoms with Crippen LogP contribution in [0, 0.1) is 13.8 Å². The molecule has 0 aliphatic heterocycles. The van der Waals surface area contributed by atoms with E-state index in [9.17, 15) is 4.79 Å². The van der Waals surface area contributed by atoms with Crippen LogP contribution in [0.25, 0.3) is 10.2 Å². The van der Waals surface area contributed by atoms with Gasteiger partial charge in [0.15, 0.2) is 10.9 Å². The number of nitrogens with zero attached hydrogens (tertiary/aromatic N) is 1. The van der Waals surface area contributed by atoms with Crippen LogP contribution in [0.15, 0.2) is 42.5 Å². The molecule has 1 unspecified atom stereocenters. The Balaban J connectivity index is 0.00000208. The third-order valence-electron chi connectivity index (χ3n) is 4.17. The predicted molar refractivity (Wildman–Crippen MR) is 97.6 cm³/mol. The van der Waals surface area contributed by atoms with Gasteiger partial charge in [0, 0.05) is 5.56 Å². The lowest BCUT2D eigenvalue weighted by Crippen LogP contribution is -3.00. The van der Waals surface area contributed by atoms with Gasteiger partial charge in [0.1, 0.15) is 0 Å². The summed E-state index contributed by atoms with van der Waals surface area (Å²) in [5, 5.41) is 4.13. The van der Waals surface area contributed by atoms with Crippen LogP contribution < -0.4 is 22.3 Å². The minimum atomic E-state index is -0.251. The molecule has 126 valence electrons. The molecular weight excluding hydrogens is 384 g/mol. The van der Waals surface area contributed by atoms with Gasteiger partial charge in [-0.15, -0.1) is 0 Å². The number of hydrogen-bond acceptors (Lipinski definition) is 4. The van der Waals surface area contributed by atoms with Gasteiger partial charge < -0.3 is 22.3 Å². The lowest BCUT2D eigenvalue weighted by molar-refractivity contribution is -0.0000124. The van der Waals surface area contributed by atoms with Crippen LogP contribution in [0.4, 0.5) is 5.13 Å². The third kappa shape index (κ3) is 3.68. The molecule has 0 aliphatic carbocycles. The molecule has 0 fully saturated rings. The van der Waals surface area contributed by atoms with E-state index in [4.69, 9.17) is 4.98 Å². The van der Waals surface area contributed by atoms with Crippen LogP contribution in [-0.4, -0.2) is 16.8 Å². The summed E-state index contributed by atoms with van der Waals surface area (Å²) in [5.41, 5.74) is 4.20. The van der Waals surface area contributed by atoms with Crippen LogP contribution >= 0.6 is 11.3 Å². The minimum absolute atomic E-state index is 0. The van der Waals surface area contributed by atoms with Gasteiger partial charge in [0.05, 0.1) is 16.3 Å². The maximum absolute atomic E-state index is 12.6. The molecule has 2 aromatic carbocycles. The number of aryl methyl sites for hydroxylation is 2. The van der Waals surface area contributed by atoms with Crippen LogP contribution in [0.1, 0.15) is 34.8 Å². The second-order valence-electron chi connectivity index (χ2n) is 5.71. The Morgan fingerprint density at radius 2 is 1.88 bits per heavy atom. The van der Waals surface area contributed by atoms with E-state index in [1.165, 1.54) is 11.1 Å². The molecule has 0 spiro atoms. The maximum atomic E-state index is 12.6. The number of ketones is 1. The number of carbonyl (C=O) groups excluding carboxylic acids is 1. The van der Waals surface area contributed by atoms with E-state index in [2.05, 4.69) is 31.3 Å².